The van der Waals surface area contributed by atoms with Gasteiger partial charge in [-0.15, -0.1) is 0 Å². The fraction of sp³-hybridized carbons (Fsp3) is 0.400. The summed E-state index contributed by atoms with van der Waals surface area (Å²) in [5, 5.41) is 8.71. The van der Waals surface area contributed by atoms with Crippen molar-refractivity contribution in [1.82, 2.24) is 15.8 Å². The van der Waals surface area contributed by atoms with Gasteiger partial charge in [0.1, 0.15) is 5.75 Å². The maximum absolute atomic E-state index is 10.6. The summed E-state index contributed by atoms with van der Waals surface area (Å²) in [6, 6.07) is 12.4. The largest absolute Gasteiger partial charge is 0.492 e. The van der Waals surface area contributed by atoms with E-state index in [1.165, 1.54) is 5.56 Å². The summed E-state index contributed by atoms with van der Waals surface area (Å²) in [6.45, 7) is 1.61. The Morgan fingerprint density at radius 2 is 1.92 bits per heavy atom. The number of benzene rings is 1. The molecular formula is C20H25N3O3. The standard InChI is InChI=1S/C20H25N3O3/c24-20(25)10-7-16-5-3-15(4-6-16)2-1-13-26-17-8-9-18(21-14-17)19-11-12-22-23-19/h3-6,8-9,14,19,22-23H,1-2,7,10-13H2,(H,24,25). The van der Waals surface area contributed by atoms with E-state index >= 15 is 0 Å². The summed E-state index contributed by atoms with van der Waals surface area (Å²) < 4.78 is 5.77. The molecule has 0 radical (unpaired) electrons. The first-order valence-corrected chi connectivity index (χ1v) is 9.07. The predicted molar refractivity (Wildman–Crippen MR) is 98.9 cm³/mol. The second-order valence-electron chi connectivity index (χ2n) is 6.49. The van der Waals surface area contributed by atoms with Crippen LogP contribution in [0.4, 0.5) is 0 Å². The van der Waals surface area contributed by atoms with Crippen molar-refractivity contribution in [1.29, 1.82) is 0 Å². The number of hydrogen-bond acceptors (Lipinski definition) is 5. The van der Waals surface area contributed by atoms with Crippen molar-refractivity contribution in [3.8, 4) is 5.75 Å². The van der Waals surface area contributed by atoms with Gasteiger partial charge in [0, 0.05) is 13.0 Å². The Hall–Kier alpha value is -2.44. The number of rotatable bonds is 9. The Labute approximate surface area is 153 Å². The van der Waals surface area contributed by atoms with E-state index < -0.39 is 5.97 Å². The first kappa shape index (κ1) is 18.4. The summed E-state index contributed by atoms with van der Waals surface area (Å²) in [5.41, 5.74) is 9.64. The minimum absolute atomic E-state index is 0.174. The molecular weight excluding hydrogens is 330 g/mol. The number of nitrogens with zero attached hydrogens (tertiary/aromatic N) is 1. The molecule has 0 saturated carbocycles. The number of hydrazine groups is 1. The van der Waals surface area contributed by atoms with E-state index in [1.54, 1.807) is 6.20 Å². The van der Waals surface area contributed by atoms with Crippen LogP contribution in [0, 0.1) is 0 Å². The highest BCUT2D eigenvalue weighted by molar-refractivity contribution is 5.67. The zero-order chi connectivity index (χ0) is 18.2. The molecule has 3 N–H and O–H groups in total. The molecule has 0 aliphatic carbocycles. The zero-order valence-corrected chi connectivity index (χ0v) is 14.8. The van der Waals surface area contributed by atoms with Gasteiger partial charge in [-0.3, -0.25) is 15.2 Å². The normalized spacial score (nSPS) is 16.5. The Morgan fingerprint density at radius 1 is 1.15 bits per heavy atom. The van der Waals surface area contributed by atoms with Crippen LogP contribution in [0.2, 0.25) is 0 Å². The minimum atomic E-state index is -0.759. The van der Waals surface area contributed by atoms with Gasteiger partial charge in [0.25, 0.3) is 0 Å². The van der Waals surface area contributed by atoms with Crippen molar-refractivity contribution in [3.63, 3.8) is 0 Å². The molecule has 1 aliphatic rings. The van der Waals surface area contributed by atoms with E-state index in [1.807, 2.05) is 24.3 Å². The summed E-state index contributed by atoms with van der Waals surface area (Å²) >= 11 is 0. The molecule has 26 heavy (non-hydrogen) atoms. The molecule has 1 aromatic heterocycles. The highest BCUT2D eigenvalue weighted by Crippen LogP contribution is 2.19. The number of ether oxygens (including phenoxy) is 1. The number of carboxylic acid groups (broad SMARTS) is 1. The Balaban J connectivity index is 1.37. The van der Waals surface area contributed by atoms with Crippen LogP contribution in [0.1, 0.15) is 42.1 Å². The maximum atomic E-state index is 10.6. The summed E-state index contributed by atoms with van der Waals surface area (Å²) in [5.74, 6) is 0.0358. The molecule has 6 nitrogen and oxygen atoms in total. The molecule has 0 spiro atoms. The van der Waals surface area contributed by atoms with Gasteiger partial charge in [0.05, 0.1) is 24.5 Å². The molecule has 1 atom stereocenters. The van der Waals surface area contributed by atoms with Gasteiger partial charge in [0.15, 0.2) is 0 Å². The van der Waals surface area contributed by atoms with E-state index in [-0.39, 0.29) is 12.5 Å². The monoisotopic (exact) mass is 355 g/mol. The van der Waals surface area contributed by atoms with Gasteiger partial charge in [-0.25, -0.2) is 5.43 Å². The van der Waals surface area contributed by atoms with Gasteiger partial charge < -0.3 is 9.84 Å². The third-order valence-corrected chi connectivity index (χ3v) is 4.48. The summed E-state index contributed by atoms with van der Waals surface area (Å²) in [7, 11) is 0. The Kier molecular flexibility index (Phi) is 6.57. The average Bonchev–Trinajstić information content (AvgIpc) is 3.20. The molecule has 6 heteroatoms. The number of carbonyl (C=O) groups is 1. The average molecular weight is 355 g/mol. The van der Waals surface area contributed by atoms with Crippen LogP contribution in [-0.2, 0) is 17.6 Å². The van der Waals surface area contributed by atoms with Crippen molar-refractivity contribution in [3.05, 3.63) is 59.4 Å². The number of hydrogen-bond donors (Lipinski definition) is 3. The first-order chi connectivity index (χ1) is 12.7. The quantitative estimate of drug-likeness (QED) is 0.600. The molecule has 1 aliphatic heterocycles. The second kappa shape index (κ2) is 9.31. The van der Waals surface area contributed by atoms with Crippen molar-refractivity contribution in [2.45, 2.75) is 38.1 Å². The van der Waals surface area contributed by atoms with Crippen LogP contribution >= 0.6 is 0 Å². The van der Waals surface area contributed by atoms with Gasteiger partial charge in [0.2, 0.25) is 0 Å². The topological polar surface area (TPSA) is 83.5 Å². The van der Waals surface area contributed by atoms with E-state index in [2.05, 4.69) is 28.0 Å². The molecule has 138 valence electrons. The lowest BCUT2D eigenvalue weighted by Gasteiger charge is -2.10. The zero-order valence-electron chi connectivity index (χ0n) is 14.8. The van der Waals surface area contributed by atoms with Crippen molar-refractivity contribution >= 4 is 5.97 Å². The van der Waals surface area contributed by atoms with Crippen molar-refractivity contribution < 1.29 is 14.6 Å². The van der Waals surface area contributed by atoms with Crippen LogP contribution in [0.3, 0.4) is 0 Å². The molecule has 3 rings (SSSR count). The first-order valence-electron chi connectivity index (χ1n) is 9.07. The fourth-order valence-electron chi connectivity index (χ4n) is 2.98. The molecule has 2 heterocycles. The van der Waals surface area contributed by atoms with Crippen LogP contribution in [0.25, 0.3) is 0 Å². The fourth-order valence-corrected chi connectivity index (χ4v) is 2.98. The third kappa shape index (κ3) is 5.54. The molecule has 1 fully saturated rings. The molecule has 0 bridgehead atoms. The molecule has 1 aromatic carbocycles. The van der Waals surface area contributed by atoms with Gasteiger partial charge in [-0.2, -0.15) is 0 Å². The van der Waals surface area contributed by atoms with Crippen molar-refractivity contribution in [2.24, 2.45) is 0 Å². The number of pyridine rings is 1. The number of aromatic nitrogens is 1. The number of nitrogens with one attached hydrogen (secondary N) is 2. The molecule has 0 amide bonds. The van der Waals surface area contributed by atoms with Gasteiger partial charge in [-0.05, 0) is 48.9 Å². The second-order valence-corrected chi connectivity index (χ2v) is 6.49. The third-order valence-electron chi connectivity index (χ3n) is 4.48. The van der Waals surface area contributed by atoms with Crippen molar-refractivity contribution in [2.75, 3.05) is 13.2 Å². The predicted octanol–water partition coefficient (Wildman–Crippen LogP) is 2.65. The Bertz CT molecular complexity index is 695. The minimum Gasteiger partial charge on any atom is -0.492 e. The highest BCUT2D eigenvalue weighted by atomic mass is 16.5. The summed E-state index contributed by atoms with van der Waals surface area (Å²) in [4.78, 5) is 15.1. The lowest BCUT2D eigenvalue weighted by molar-refractivity contribution is -0.136. The van der Waals surface area contributed by atoms with Crippen LogP contribution in [0.5, 0.6) is 5.75 Å². The SMILES string of the molecule is O=C(O)CCc1ccc(CCCOc2ccc(C3CCNN3)nc2)cc1. The van der Waals surface area contributed by atoms with Crippen LogP contribution in [0.15, 0.2) is 42.6 Å². The molecule has 2 aromatic rings. The lowest BCUT2D eigenvalue weighted by Crippen LogP contribution is -2.25. The van der Waals surface area contributed by atoms with Crippen LogP contribution < -0.4 is 15.6 Å². The molecule has 1 unspecified atom stereocenters. The van der Waals surface area contributed by atoms with E-state index in [0.717, 1.165) is 42.8 Å². The smallest absolute Gasteiger partial charge is 0.303 e. The van der Waals surface area contributed by atoms with E-state index in [4.69, 9.17) is 9.84 Å². The number of carboxylic acids is 1. The van der Waals surface area contributed by atoms with E-state index in [9.17, 15) is 4.79 Å². The number of aryl methyl sites for hydroxylation is 2. The van der Waals surface area contributed by atoms with Gasteiger partial charge in [-0.1, -0.05) is 24.3 Å². The lowest BCUT2D eigenvalue weighted by atomic mass is 10.0. The number of aliphatic carboxylic acids is 1. The maximum Gasteiger partial charge on any atom is 0.303 e. The highest BCUT2D eigenvalue weighted by Gasteiger charge is 2.16. The Morgan fingerprint density at radius 3 is 2.54 bits per heavy atom. The summed E-state index contributed by atoms with van der Waals surface area (Å²) in [6.07, 6.45) is 5.43. The van der Waals surface area contributed by atoms with Crippen LogP contribution in [-0.4, -0.2) is 29.2 Å². The molecule has 1 saturated heterocycles. The van der Waals surface area contributed by atoms with Gasteiger partial charge >= 0.3 is 5.97 Å². The van der Waals surface area contributed by atoms with E-state index in [0.29, 0.717) is 13.0 Å².